The molecule has 0 heterocycles. The van der Waals surface area contributed by atoms with Crippen molar-refractivity contribution in [1.29, 1.82) is 0 Å². The zero-order chi connectivity index (χ0) is 17.5. The second kappa shape index (κ2) is 8.36. The molecule has 0 aliphatic rings. The van der Waals surface area contributed by atoms with Gasteiger partial charge in [-0.3, -0.25) is 4.79 Å². The van der Waals surface area contributed by atoms with Gasteiger partial charge in [-0.25, -0.2) is 4.79 Å². The first-order valence-corrected chi connectivity index (χ1v) is 7.78. The number of aliphatic carboxylic acids is 1. The van der Waals surface area contributed by atoms with Gasteiger partial charge in [0, 0.05) is 5.02 Å². The Balaban J connectivity index is 2.03. The summed E-state index contributed by atoms with van der Waals surface area (Å²) in [5.41, 5.74) is 2.34. The zero-order valence-corrected chi connectivity index (χ0v) is 13.9. The molecule has 126 valence electrons. The van der Waals surface area contributed by atoms with E-state index in [1.807, 2.05) is 37.3 Å². The minimum absolute atomic E-state index is 0.112. The van der Waals surface area contributed by atoms with Gasteiger partial charge in [-0.1, -0.05) is 54.1 Å². The van der Waals surface area contributed by atoms with Crippen LogP contribution in [0.4, 0.5) is 4.79 Å². The van der Waals surface area contributed by atoms with Crippen LogP contribution in [-0.4, -0.2) is 17.2 Å². The maximum absolute atomic E-state index is 12.0. The van der Waals surface area contributed by atoms with Crippen LogP contribution in [0.5, 0.6) is 0 Å². The molecule has 2 rings (SSSR count). The number of alkyl carbamates (subject to hydrolysis) is 1. The van der Waals surface area contributed by atoms with Crippen LogP contribution >= 0.6 is 11.6 Å². The molecule has 5 nitrogen and oxygen atoms in total. The molecule has 24 heavy (non-hydrogen) atoms. The van der Waals surface area contributed by atoms with Gasteiger partial charge in [-0.15, -0.1) is 0 Å². The van der Waals surface area contributed by atoms with Crippen LogP contribution in [-0.2, 0) is 16.1 Å². The summed E-state index contributed by atoms with van der Waals surface area (Å²) < 4.78 is 5.14. The second-order valence-electron chi connectivity index (χ2n) is 5.37. The number of benzene rings is 2. The van der Waals surface area contributed by atoms with Crippen LogP contribution < -0.4 is 5.32 Å². The molecule has 0 saturated heterocycles. The molecule has 2 aromatic rings. The molecule has 0 saturated carbocycles. The first kappa shape index (κ1) is 17.8. The van der Waals surface area contributed by atoms with Crippen molar-refractivity contribution in [2.45, 2.75) is 26.0 Å². The number of rotatable bonds is 6. The lowest BCUT2D eigenvalue weighted by atomic mass is 10.0. The molecule has 0 spiro atoms. The highest BCUT2D eigenvalue weighted by molar-refractivity contribution is 6.31. The van der Waals surface area contributed by atoms with E-state index in [4.69, 9.17) is 21.4 Å². The molecular formula is C18H18ClNO4. The summed E-state index contributed by atoms with van der Waals surface area (Å²) in [6, 6.07) is 13.7. The SMILES string of the molecule is Cc1ccc([C@H](CC(=O)O)NC(=O)OCc2ccccc2)cc1Cl. The van der Waals surface area contributed by atoms with E-state index in [1.165, 1.54) is 0 Å². The Hall–Kier alpha value is -2.53. The van der Waals surface area contributed by atoms with Gasteiger partial charge in [0.15, 0.2) is 0 Å². The Morgan fingerprint density at radius 2 is 1.92 bits per heavy atom. The Morgan fingerprint density at radius 1 is 1.21 bits per heavy atom. The van der Waals surface area contributed by atoms with E-state index < -0.39 is 18.1 Å². The van der Waals surface area contributed by atoms with Crippen LogP contribution in [0.25, 0.3) is 0 Å². The van der Waals surface area contributed by atoms with Gasteiger partial charge >= 0.3 is 12.1 Å². The van der Waals surface area contributed by atoms with Crippen LogP contribution in [0.3, 0.4) is 0 Å². The number of carbonyl (C=O) groups excluding carboxylic acids is 1. The summed E-state index contributed by atoms with van der Waals surface area (Å²) in [6.45, 7) is 1.96. The van der Waals surface area contributed by atoms with Gasteiger partial charge in [0.25, 0.3) is 0 Å². The number of carbonyl (C=O) groups is 2. The van der Waals surface area contributed by atoms with Gasteiger partial charge in [-0.05, 0) is 29.7 Å². The molecule has 6 heteroatoms. The van der Waals surface area contributed by atoms with Crippen molar-refractivity contribution in [3.05, 3.63) is 70.2 Å². The molecule has 0 fully saturated rings. The number of ether oxygens (including phenoxy) is 1. The Bertz CT molecular complexity index is 718. The highest BCUT2D eigenvalue weighted by atomic mass is 35.5. The third-order valence-corrected chi connectivity index (χ3v) is 3.89. The van der Waals surface area contributed by atoms with Crippen molar-refractivity contribution >= 4 is 23.7 Å². The molecule has 0 aliphatic heterocycles. The standard InChI is InChI=1S/C18H18ClNO4/c1-12-7-8-14(9-15(12)19)16(10-17(21)22)20-18(23)24-11-13-5-3-2-4-6-13/h2-9,16H,10-11H2,1H3,(H,20,23)(H,21,22)/t16-/m0/s1. The first-order valence-electron chi connectivity index (χ1n) is 7.41. The van der Waals surface area contributed by atoms with Crippen molar-refractivity contribution in [1.82, 2.24) is 5.32 Å². The van der Waals surface area contributed by atoms with E-state index in [0.717, 1.165) is 11.1 Å². The summed E-state index contributed by atoms with van der Waals surface area (Å²) in [4.78, 5) is 23.0. The van der Waals surface area contributed by atoms with Crippen LogP contribution in [0.1, 0.15) is 29.2 Å². The maximum atomic E-state index is 12.0. The van der Waals surface area contributed by atoms with Gasteiger partial charge in [0.2, 0.25) is 0 Å². The van der Waals surface area contributed by atoms with E-state index in [1.54, 1.807) is 18.2 Å². The van der Waals surface area contributed by atoms with Gasteiger partial charge in [0.05, 0.1) is 12.5 Å². The molecule has 2 N–H and O–H groups in total. The summed E-state index contributed by atoms with van der Waals surface area (Å²) in [5.74, 6) is -1.03. The number of halogens is 1. The number of aryl methyl sites for hydroxylation is 1. The number of hydrogen-bond donors (Lipinski definition) is 2. The van der Waals surface area contributed by atoms with E-state index in [-0.39, 0.29) is 13.0 Å². The molecule has 2 aromatic carbocycles. The fourth-order valence-electron chi connectivity index (χ4n) is 2.16. The summed E-state index contributed by atoms with van der Waals surface area (Å²) in [6.07, 6.45) is -0.943. The number of hydrogen-bond acceptors (Lipinski definition) is 3. The number of amides is 1. The zero-order valence-electron chi connectivity index (χ0n) is 13.2. The lowest BCUT2D eigenvalue weighted by Gasteiger charge is -2.18. The largest absolute Gasteiger partial charge is 0.481 e. The average molecular weight is 348 g/mol. The normalized spacial score (nSPS) is 11.6. The van der Waals surface area contributed by atoms with Crippen LogP contribution in [0.2, 0.25) is 5.02 Å². The lowest BCUT2D eigenvalue weighted by molar-refractivity contribution is -0.137. The highest BCUT2D eigenvalue weighted by Gasteiger charge is 2.19. The maximum Gasteiger partial charge on any atom is 0.407 e. The number of nitrogens with one attached hydrogen (secondary N) is 1. The van der Waals surface area contributed by atoms with Gasteiger partial charge in [-0.2, -0.15) is 0 Å². The molecule has 1 atom stereocenters. The predicted molar refractivity (Wildman–Crippen MR) is 90.9 cm³/mol. The topological polar surface area (TPSA) is 75.6 Å². The van der Waals surface area contributed by atoms with E-state index in [2.05, 4.69) is 5.32 Å². The van der Waals surface area contributed by atoms with Crippen molar-refractivity contribution < 1.29 is 19.4 Å². The van der Waals surface area contributed by atoms with E-state index in [0.29, 0.717) is 10.6 Å². The minimum atomic E-state index is -1.03. The number of carboxylic acid groups (broad SMARTS) is 1. The molecule has 0 aromatic heterocycles. The second-order valence-corrected chi connectivity index (χ2v) is 5.77. The van der Waals surface area contributed by atoms with Crippen molar-refractivity contribution in [2.75, 3.05) is 0 Å². The van der Waals surface area contributed by atoms with E-state index >= 15 is 0 Å². The molecule has 0 aliphatic carbocycles. The predicted octanol–water partition coefficient (Wildman–Crippen LogP) is 4.09. The monoisotopic (exact) mass is 347 g/mol. The Labute approximate surface area is 145 Å². The average Bonchev–Trinajstić information content (AvgIpc) is 2.55. The fourth-order valence-corrected chi connectivity index (χ4v) is 2.35. The van der Waals surface area contributed by atoms with Crippen LogP contribution in [0, 0.1) is 6.92 Å². The molecular weight excluding hydrogens is 330 g/mol. The highest BCUT2D eigenvalue weighted by Crippen LogP contribution is 2.23. The van der Waals surface area contributed by atoms with Gasteiger partial charge < -0.3 is 15.2 Å². The minimum Gasteiger partial charge on any atom is -0.481 e. The van der Waals surface area contributed by atoms with Gasteiger partial charge in [0.1, 0.15) is 6.61 Å². The lowest BCUT2D eigenvalue weighted by Crippen LogP contribution is -2.30. The molecule has 0 bridgehead atoms. The van der Waals surface area contributed by atoms with E-state index in [9.17, 15) is 9.59 Å². The molecule has 0 radical (unpaired) electrons. The number of carboxylic acids is 1. The van der Waals surface area contributed by atoms with Crippen molar-refractivity contribution in [3.63, 3.8) is 0 Å². The van der Waals surface area contributed by atoms with Crippen LogP contribution in [0.15, 0.2) is 48.5 Å². The van der Waals surface area contributed by atoms with Crippen molar-refractivity contribution in [2.24, 2.45) is 0 Å². The summed E-state index contributed by atoms with van der Waals surface area (Å²) >= 11 is 6.08. The molecule has 0 unspecified atom stereocenters. The summed E-state index contributed by atoms with van der Waals surface area (Å²) in [5, 5.41) is 12.2. The van der Waals surface area contributed by atoms with Crippen molar-refractivity contribution in [3.8, 4) is 0 Å². The smallest absolute Gasteiger partial charge is 0.407 e. The fraction of sp³-hybridized carbons (Fsp3) is 0.222. The third kappa shape index (κ3) is 5.28. The Morgan fingerprint density at radius 3 is 2.54 bits per heavy atom. The summed E-state index contributed by atoms with van der Waals surface area (Å²) in [7, 11) is 0. The Kier molecular flexibility index (Phi) is 6.21. The third-order valence-electron chi connectivity index (χ3n) is 3.48. The first-order chi connectivity index (χ1) is 11.5. The molecule has 1 amide bonds. The quantitative estimate of drug-likeness (QED) is 0.825.